The van der Waals surface area contributed by atoms with Gasteiger partial charge in [-0.1, -0.05) is 0 Å². The van der Waals surface area contributed by atoms with Crippen molar-refractivity contribution in [2.75, 3.05) is 27.4 Å². The lowest BCUT2D eigenvalue weighted by atomic mass is 10.1. The Hall–Kier alpha value is -2.34. The van der Waals surface area contributed by atoms with Crippen molar-refractivity contribution in [3.8, 4) is 11.6 Å². The van der Waals surface area contributed by atoms with Crippen molar-refractivity contribution in [2.24, 2.45) is 0 Å². The number of aromatic nitrogens is 1. The first-order chi connectivity index (χ1) is 9.65. The Balaban J connectivity index is 2.41. The summed E-state index contributed by atoms with van der Waals surface area (Å²) in [5.41, 5.74) is 0.799. The second kappa shape index (κ2) is 6.21. The second-order valence-electron chi connectivity index (χ2n) is 4.04. The first-order valence-corrected chi connectivity index (χ1v) is 5.99. The molecule has 106 valence electrons. The Kier molecular flexibility index (Phi) is 4.37. The topological polar surface area (TPSA) is 77.9 Å². The van der Waals surface area contributed by atoms with E-state index in [0.29, 0.717) is 35.7 Å². The summed E-state index contributed by atoms with van der Waals surface area (Å²) < 4.78 is 15.6. The van der Waals surface area contributed by atoms with E-state index in [1.54, 1.807) is 19.2 Å². The highest BCUT2D eigenvalue weighted by molar-refractivity contribution is 5.95. The highest BCUT2D eigenvalue weighted by atomic mass is 16.5. The molecule has 1 aromatic carbocycles. The SMILES string of the molecule is COCCOc1cc(OC)c2cc(C(=O)O)ccc2n1. The molecule has 0 radical (unpaired) electrons. The van der Waals surface area contributed by atoms with Crippen LogP contribution >= 0.6 is 0 Å². The van der Waals surface area contributed by atoms with Gasteiger partial charge in [-0.15, -0.1) is 0 Å². The van der Waals surface area contributed by atoms with Gasteiger partial charge in [0.15, 0.2) is 0 Å². The van der Waals surface area contributed by atoms with Crippen molar-refractivity contribution < 1.29 is 24.1 Å². The molecule has 0 spiro atoms. The Morgan fingerprint density at radius 3 is 2.70 bits per heavy atom. The maximum absolute atomic E-state index is 11.0. The van der Waals surface area contributed by atoms with E-state index in [9.17, 15) is 4.79 Å². The Bertz CT molecular complexity index is 626. The molecule has 0 unspecified atom stereocenters. The van der Waals surface area contributed by atoms with E-state index >= 15 is 0 Å². The standard InChI is InChI=1S/C14H15NO5/c1-18-5-6-20-13-8-12(19-2)10-7-9(14(16)17)3-4-11(10)15-13/h3-4,7-8H,5-6H2,1-2H3,(H,16,17). The summed E-state index contributed by atoms with van der Waals surface area (Å²) in [6.45, 7) is 0.839. The van der Waals surface area contributed by atoms with Gasteiger partial charge in [0.1, 0.15) is 12.4 Å². The minimum absolute atomic E-state index is 0.186. The third-order valence-electron chi connectivity index (χ3n) is 2.75. The van der Waals surface area contributed by atoms with Crippen molar-refractivity contribution in [2.45, 2.75) is 0 Å². The van der Waals surface area contributed by atoms with Gasteiger partial charge in [-0.2, -0.15) is 0 Å². The number of carboxylic acids is 1. The fraction of sp³-hybridized carbons (Fsp3) is 0.286. The van der Waals surface area contributed by atoms with Crippen LogP contribution in [0.5, 0.6) is 11.6 Å². The van der Waals surface area contributed by atoms with E-state index in [0.717, 1.165) is 0 Å². The molecule has 1 N–H and O–H groups in total. The van der Waals surface area contributed by atoms with E-state index < -0.39 is 5.97 Å². The zero-order chi connectivity index (χ0) is 14.5. The van der Waals surface area contributed by atoms with Gasteiger partial charge in [0.05, 0.1) is 24.8 Å². The summed E-state index contributed by atoms with van der Waals surface area (Å²) >= 11 is 0. The molecule has 0 saturated carbocycles. The molecule has 6 heteroatoms. The second-order valence-corrected chi connectivity index (χ2v) is 4.04. The van der Waals surface area contributed by atoms with Crippen molar-refractivity contribution in [3.05, 3.63) is 29.8 Å². The molecule has 6 nitrogen and oxygen atoms in total. The quantitative estimate of drug-likeness (QED) is 0.813. The largest absolute Gasteiger partial charge is 0.496 e. The Morgan fingerprint density at radius 1 is 1.25 bits per heavy atom. The number of hydrogen-bond acceptors (Lipinski definition) is 5. The van der Waals surface area contributed by atoms with Crippen molar-refractivity contribution in [1.29, 1.82) is 0 Å². The molecular weight excluding hydrogens is 262 g/mol. The number of nitrogens with zero attached hydrogens (tertiary/aromatic N) is 1. The fourth-order valence-corrected chi connectivity index (χ4v) is 1.78. The van der Waals surface area contributed by atoms with E-state index in [4.69, 9.17) is 19.3 Å². The highest BCUT2D eigenvalue weighted by Crippen LogP contribution is 2.29. The minimum atomic E-state index is -0.991. The van der Waals surface area contributed by atoms with Crippen LogP contribution < -0.4 is 9.47 Å². The van der Waals surface area contributed by atoms with Crippen LogP contribution in [0, 0.1) is 0 Å². The van der Waals surface area contributed by atoms with Crippen LogP contribution in [-0.4, -0.2) is 43.5 Å². The maximum atomic E-state index is 11.0. The summed E-state index contributed by atoms with van der Waals surface area (Å²) in [6, 6.07) is 6.28. The van der Waals surface area contributed by atoms with Crippen LogP contribution in [0.3, 0.4) is 0 Å². The molecule has 1 aromatic heterocycles. The zero-order valence-corrected chi connectivity index (χ0v) is 11.3. The molecule has 1 heterocycles. The van der Waals surface area contributed by atoms with Gasteiger partial charge in [0.25, 0.3) is 0 Å². The minimum Gasteiger partial charge on any atom is -0.496 e. The van der Waals surface area contributed by atoms with Crippen LogP contribution in [0.4, 0.5) is 0 Å². The van der Waals surface area contributed by atoms with Crippen molar-refractivity contribution >= 4 is 16.9 Å². The summed E-state index contributed by atoms with van der Waals surface area (Å²) in [4.78, 5) is 15.3. The predicted octanol–water partition coefficient (Wildman–Crippen LogP) is 1.97. The summed E-state index contributed by atoms with van der Waals surface area (Å²) in [7, 11) is 3.10. The van der Waals surface area contributed by atoms with Crippen LogP contribution in [0.2, 0.25) is 0 Å². The molecule has 2 rings (SSSR count). The summed E-state index contributed by atoms with van der Waals surface area (Å²) in [5, 5.41) is 9.64. The number of pyridine rings is 1. The van der Waals surface area contributed by atoms with E-state index in [1.807, 2.05) is 0 Å². The van der Waals surface area contributed by atoms with E-state index in [1.165, 1.54) is 19.2 Å². The number of rotatable bonds is 6. The molecule has 20 heavy (non-hydrogen) atoms. The normalized spacial score (nSPS) is 10.5. The van der Waals surface area contributed by atoms with Crippen LogP contribution in [0.25, 0.3) is 10.9 Å². The van der Waals surface area contributed by atoms with Crippen molar-refractivity contribution in [1.82, 2.24) is 4.98 Å². The number of hydrogen-bond donors (Lipinski definition) is 1. The van der Waals surface area contributed by atoms with E-state index in [2.05, 4.69) is 4.98 Å². The van der Waals surface area contributed by atoms with Gasteiger partial charge in [0.2, 0.25) is 5.88 Å². The Morgan fingerprint density at radius 2 is 2.05 bits per heavy atom. The monoisotopic (exact) mass is 277 g/mol. The first-order valence-electron chi connectivity index (χ1n) is 5.99. The maximum Gasteiger partial charge on any atom is 0.335 e. The first kappa shape index (κ1) is 14.1. The van der Waals surface area contributed by atoms with E-state index in [-0.39, 0.29) is 5.56 Å². The summed E-state index contributed by atoms with van der Waals surface area (Å²) in [6.07, 6.45) is 0. The average molecular weight is 277 g/mol. The smallest absolute Gasteiger partial charge is 0.335 e. The third-order valence-corrected chi connectivity index (χ3v) is 2.75. The third kappa shape index (κ3) is 2.97. The predicted molar refractivity (Wildman–Crippen MR) is 72.6 cm³/mol. The fourth-order valence-electron chi connectivity index (χ4n) is 1.78. The molecule has 0 atom stereocenters. The molecule has 0 bridgehead atoms. The Labute approximate surface area is 115 Å². The van der Waals surface area contributed by atoms with Crippen LogP contribution in [-0.2, 0) is 4.74 Å². The number of benzene rings is 1. The zero-order valence-electron chi connectivity index (χ0n) is 11.3. The number of methoxy groups -OCH3 is 2. The number of aromatic carboxylic acids is 1. The van der Waals surface area contributed by atoms with Crippen LogP contribution in [0.15, 0.2) is 24.3 Å². The van der Waals surface area contributed by atoms with Gasteiger partial charge in [-0.05, 0) is 18.2 Å². The van der Waals surface area contributed by atoms with Gasteiger partial charge < -0.3 is 19.3 Å². The molecule has 0 fully saturated rings. The van der Waals surface area contributed by atoms with Gasteiger partial charge in [-0.25, -0.2) is 9.78 Å². The molecule has 2 aromatic rings. The van der Waals surface area contributed by atoms with Gasteiger partial charge >= 0.3 is 5.97 Å². The number of fused-ring (bicyclic) bond motifs is 1. The van der Waals surface area contributed by atoms with Gasteiger partial charge in [0, 0.05) is 18.6 Å². The lowest BCUT2D eigenvalue weighted by Gasteiger charge is -2.10. The highest BCUT2D eigenvalue weighted by Gasteiger charge is 2.10. The molecule has 0 amide bonds. The van der Waals surface area contributed by atoms with Crippen molar-refractivity contribution in [3.63, 3.8) is 0 Å². The lowest BCUT2D eigenvalue weighted by molar-refractivity contribution is 0.0697. The molecular formula is C14H15NO5. The number of ether oxygens (including phenoxy) is 3. The number of carboxylic acid groups (broad SMARTS) is 1. The van der Waals surface area contributed by atoms with Gasteiger partial charge in [-0.3, -0.25) is 0 Å². The van der Waals surface area contributed by atoms with Crippen LogP contribution in [0.1, 0.15) is 10.4 Å². The molecule has 0 aliphatic heterocycles. The average Bonchev–Trinajstić information content (AvgIpc) is 2.46. The lowest BCUT2D eigenvalue weighted by Crippen LogP contribution is -2.06. The molecule has 0 aliphatic rings. The summed E-state index contributed by atoms with van der Waals surface area (Å²) in [5.74, 6) is -0.0608. The molecule has 0 aliphatic carbocycles. The molecule has 0 saturated heterocycles. The number of carbonyl (C=O) groups is 1.